The molecule has 2 aromatic rings. The number of nitrogens with one attached hydrogen (secondary N) is 1. The van der Waals surface area contributed by atoms with Gasteiger partial charge in [0.2, 0.25) is 5.91 Å². The molecular formula is C10H11ClN4O. The molecule has 0 radical (unpaired) electrons. The second-order valence-corrected chi connectivity index (χ2v) is 3.55. The van der Waals surface area contributed by atoms with Gasteiger partial charge in [-0.15, -0.1) is 21.8 Å². The summed E-state index contributed by atoms with van der Waals surface area (Å²) in [6.45, 7) is 0.515. The quantitative estimate of drug-likeness (QED) is 0.795. The average molecular weight is 239 g/mol. The van der Waals surface area contributed by atoms with Gasteiger partial charge in [-0.3, -0.25) is 9.20 Å². The van der Waals surface area contributed by atoms with E-state index in [-0.39, 0.29) is 11.8 Å². The highest BCUT2D eigenvalue weighted by molar-refractivity contribution is 6.27. The third-order valence-corrected chi connectivity index (χ3v) is 2.42. The fraction of sp³-hybridized carbons (Fsp3) is 0.300. The van der Waals surface area contributed by atoms with E-state index < -0.39 is 0 Å². The molecule has 0 aliphatic carbocycles. The maximum Gasteiger partial charge on any atom is 0.234 e. The Morgan fingerprint density at radius 1 is 1.44 bits per heavy atom. The summed E-state index contributed by atoms with van der Waals surface area (Å²) in [5.74, 6) is 0.640. The van der Waals surface area contributed by atoms with Crippen molar-refractivity contribution in [3.8, 4) is 0 Å². The van der Waals surface area contributed by atoms with Gasteiger partial charge in [0, 0.05) is 19.2 Å². The third-order valence-electron chi connectivity index (χ3n) is 2.18. The molecule has 0 spiro atoms. The minimum atomic E-state index is -0.171. The van der Waals surface area contributed by atoms with E-state index in [2.05, 4.69) is 15.5 Å². The van der Waals surface area contributed by atoms with Gasteiger partial charge in [0.05, 0.1) is 0 Å². The van der Waals surface area contributed by atoms with Gasteiger partial charge in [-0.05, 0) is 12.1 Å². The number of pyridine rings is 1. The highest BCUT2D eigenvalue weighted by Gasteiger charge is 2.04. The lowest BCUT2D eigenvalue weighted by Gasteiger charge is -2.01. The smallest absolute Gasteiger partial charge is 0.234 e. The predicted molar refractivity (Wildman–Crippen MR) is 60.4 cm³/mol. The van der Waals surface area contributed by atoms with E-state index in [1.807, 2.05) is 28.8 Å². The summed E-state index contributed by atoms with van der Waals surface area (Å²) in [7, 11) is 0. The normalized spacial score (nSPS) is 10.6. The lowest BCUT2D eigenvalue weighted by atomic mass is 10.4. The van der Waals surface area contributed by atoms with Crippen LogP contribution in [0.5, 0.6) is 0 Å². The van der Waals surface area contributed by atoms with Gasteiger partial charge in [0.1, 0.15) is 11.7 Å². The van der Waals surface area contributed by atoms with E-state index in [1.165, 1.54) is 0 Å². The SMILES string of the molecule is O=C(CCl)NCCc1nnc2ccccn12. The molecule has 0 aromatic carbocycles. The number of fused-ring (bicyclic) bond motifs is 1. The average Bonchev–Trinajstić information content (AvgIpc) is 2.73. The Kier molecular flexibility index (Phi) is 3.36. The summed E-state index contributed by atoms with van der Waals surface area (Å²) < 4.78 is 1.90. The number of rotatable bonds is 4. The van der Waals surface area contributed by atoms with Crippen molar-refractivity contribution >= 4 is 23.2 Å². The number of aromatic nitrogens is 3. The van der Waals surface area contributed by atoms with Crippen LogP contribution in [-0.2, 0) is 11.2 Å². The number of carbonyl (C=O) groups is 1. The molecule has 0 aliphatic rings. The van der Waals surface area contributed by atoms with E-state index in [4.69, 9.17) is 11.6 Å². The van der Waals surface area contributed by atoms with Crippen LogP contribution in [0.25, 0.3) is 5.65 Å². The number of carbonyl (C=O) groups excluding carboxylic acids is 1. The molecule has 2 rings (SSSR count). The second-order valence-electron chi connectivity index (χ2n) is 3.28. The second kappa shape index (κ2) is 4.94. The van der Waals surface area contributed by atoms with Gasteiger partial charge < -0.3 is 5.32 Å². The number of amides is 1. The minimum Gasteiger partial charge on any atom is -0.355 e. The van der Waals surface area contributed by atoms with E-state index >= 15 is 0 Å². The molecule has 6 heteroatoms. The number of halogens is 1. The molecule has 5 nitrogen and oxygen atoms in total. The van der Waals surface area contributed by atoms with Gasteiger partial charge in [-0.25, -0.2) is 0 Å². The van der Waals surface area contributed by atoms with Gasteiger partial charge in [0.25, 0.3) is 0 Å². The van der Waals surface area contributed by atoms with Crippen molar-refractivity contribution in [1.29, 1.82) is 0 Å². The summed E-state index contributed by atoms with van der Waals surface area (Å²) in [6.07, 6.45) is 2.53. The molecule has 1 amide bonds. The maximum absolute atomic E-state index is 10.9. The molecule has 0 fully saturated rings. The molecule has 1 N–H and O–H groups in total. The van der Waals surface area contributed by atoms with Crippen molar-refractivity contribution in [1.82, 2.24) is 19.9 Å². The Labute approximate surface area is 97.4 Å². The van der Waals surface area contributed by atoms with Crippen LogP contribution in [0.15, 0.2) is 24.4 Å². The van der Waals surface area contributed by atoms with Crippen LogP contribution in [0.3, 0.4) is 0 Å². The van der Waals surface area contributed by atoms with Crippen LogP contribution in [0, 0.1) is 0 Å². The molecule has 0 atom stereocenters. The molecule has 2 heterocycles. The van der Waals surface area contributed by atoms with Gasteiger partial charge in [-0.1, -0.05) is 6.07 Å². The highest BCUT2D eigenvalue weighted by Crippen LogP contribution is 2.02. The summed E-state index contributed by atoms with van der Waals surface area (Å²) in [5, 5.41) is 10.7. The Bertz CT molecular complexity index is 496. The topological polar surface area (TPSA) is 59.3 Å². The predicted octanol–water partition coefficient (Wildman–Crippen LogP) is 0.627. The van der Waals surface area contributed by atoms with Crippen LogP contribution in [0.2, 0.25) is 0 Å². The summed E-state index contributed by atoms with van der Waals surface area (Å²) in [6, 6.07) is 5.70. The lowest BCUT2D eigenvalue weighted by Crippen LogP contribution is -2.27. The first-order valence-electron chi connectivity index (χ1n) is 4.92. The summed E-state index contributed by atoms with van der Waals surface area (Å²) in [5.41, 5.74) is 0.807. The molecule has 2 aromatic heterocycles. The molecule has 0 saturated heterocycles. The molecule has 84 valence electrons. The zero-order chi connectivity index (χ0) is 11.4. The molecule has 0 aliphatic heterocycles. The first-order chi connectivity index (χ1) is 7.81. The maximum atomic E-state index is 10.9. The monoisotopic (exact) mass is 238 g/mol. The molecule has 0 bridgehead atoms. The van der Waals surface area contributed by atoms with Crippen LogP contribution >= 0.6 is 11.6 Å². The van der Waals surface area contributed by atoms with E-state index in [0.29, 0.717) is 13.0 Å². The summed E-state index contributed by atoms with van der Waals surface area (Å²) >= 11 is 5.36. The fourth-order valence-electron chi connectivity index (χ4n) is 1.42. The van der Waals surface area contributed by atoms with Crippen LogP contribution in [0.1, 0.15) is 5.82 Å². The van der Waals surface area contributed by atoms with E-state index in [1.54, 1.807) is 0 Å². The number of alkyl halides is 1. The Balaban J connectivity index is 2.02. The largest absolute Gasteiger partial charge is 0.355 e. The van der Waals surface area contributed by atoms with Gasteiger partial charge in [-0.2, -0.15) is 0 Å². The zero-order valence-electron chi connectivity index (χ0n) is 8.56. The van der Waals surface area contributed by atoms with Crippen molar-refractivity contribution in [2.75, 3.05) is 12.4 Å². The van der Waals surface area contributed by atoms with Crippen molar-refractivity contribution in [2.45, 2.75) is 6.42 Å². The summed E-state index contributed by atoms with van der Waals surface area (Å²) in [4.78, 5) is 10.9. The van der Waals surface area contributed by atoms with Crippen LogP contribution in [-0.4, -0.2) is 32.9 Å². The zero-order valence-corrected chi connectivity index (χ0v) is 9.31. The lowest BCUT2D eigenvalue weighted by molar-refractivity contribution is -0.118. The molecule has 16 heavy (non-hydrogen) atoms. The van der Waals surface area contributed by atoms with Crippen LogP contribution < -0.4 is 5.32 Å². The Morgan fingerprint density at radius 3 is 3.12 bits per heavy atom. The van der Waals surface area contributed by atoms with Crippen molar-refractivity contribution in [3.63, 3.8) is 0 Å². The Hall–Kier alpha value is -1.62. The van der Waals surface area contributed by atoms with E-state index in [9.17, 15) is 4.79 Å². The highest BCUT2D eigenvalue weighted by atomic mass is 35.5. The van der Waals surface area contributed by atoms with Gasteiger partial charge >= 0.3 is 0 Å². The molecular weight excluding hydrogens is 228 g/mol. The fourth-order valence-corrected chi connectivity index (χ4v) is 1.52. The first kappa shape index (κ1) is 10.9. The molecule has 0 unspecified atom stereocenters. The van der Waals surface area contributed by atoms with Crippen molar-refractivity contribution in [3.05, 3.63) is 30.2 Å². The Morgan fingerprint density at radius 2 is 2.31 bits per heavy atom. The molecule has 0 saturated carbocycles. The standard InChI is InChI=1S/C10H11ClN4O/c11-7-10(16)12-5-4-9-14-13-8-3-1-2-6-15(8)9/h1-3,6H,4-5,7H2,(H,12,16). The number of hydrogen-bond donors (Lipinski definition) is 1. The third kappa shape index (κ3) is 2.30. The van der Waals surface area contributed by atoms with Crippen molar-refractivity contribution in [2.24, 2.45) is 0 Å². The minimum absolute atomic E-state index is 0.0133. The first-order valence-corrected chi connectivity index (χ1v) is 5.46. The van der Waals surface area contributed by atoms with Crippen LogP contribution in [0.4, 0.5) is 0 Å². The van der Waals surface area contributed by atoms with Crippen molar-refractivity contribution < 1.29 is 4.79 Å². The number of nitrogens with zero attached hydrogens (tertiary/aromatic N) is 3. The number of hydrogen-bond acceptors (Lipinski definition) is 3. The van der Waals surface area contributed by atoms with Gasteiger partial charge in [0.15, 0.2) is 5.65 Å². The van der Waals surface area contributed by atoms with E-state index in [0.717, 1.165) is 11.5 Å².